The average Bonchev–Trinajstić information content (AvgIpc) is 1.86. The standard InChI is InChI=1S/C9H13F3N2O/c1-6(15)13-4-8(5-13)14-2-7(3-14)9(10,11)12/h7-8H,2-5H2,1H3. The van der Waals surface area contributed by atoms with Gasteiger partial charge in [0.2, 0.25) is 5.91 Å². The van der Waals surface area contributed by atoms with Crippen molar-refractivity contribution in [3.05, 3.63) is 0 Å². The van der Waals surface area contributed by atoms with Gasteiger partial charge < -0.3 is 4.90 Å². The fraction of sp³-hybridized carbons (Fsp3) is 0.889. The maximum Gasteiger partial charge on any atom is 0.394 e. The SMILES string of the molecule is CC(=O)N1CC(N2CC(C(F)(F)F)C2)C1. The summed E-state index contributed by atoms with van der Waals surface area (Å²) in [5, 5.41) is 0. The van der Waals surface area contributed by atoms with Crippen LogP contribution in [0, 0.1) is 5.92 Å². The Hall–Kier alpha value is -0.780. The maximum absolute atomic E-state index is 12.2. The van der Waals surface area contributed by atoms with Gasteiger partial charge >= 0.3 is 6.18 Å². The minimum Gasteiger partial charge on any atom is -0.340 e. The lowest BCUT2D eigenvalue weighted by molar-refractivity contribution is -0.219. The maximum atomic E-state index is 12.2. The smallest absolute Gasteiger partial charge is 0.340 e. The zero-order chi connectivity index (χ0) is 11.2. The summed E-state index contributed by atoms with van der Waals surface area (Å²) < 4.78 is 36.5. The van der Waals surface area contributed by atoms with Crippen molar-refractivity contribution in [1.29, 1.82) is 0 Å². The van der Waals surface area contributed by atoms with Gasteiger partial charge in [-0.3, -0.25) is 9.69 Å². The molecule has 2 aliphatic rings. The largest absolute Gasteiger partial charge is 0.394 e. The Bertz CT molecular complexity index is 267. The van der Waals surface area contributed by atoms with E-state index in [1.54, 1.807) is 9.80 Å². The molecule has 0 aromatic carbocycles. The second kappa shape index (κ2) is 3.37. The Kier molecular flexibility index (Phi) is 2.41. The quantitative estimate of drug-likeness (QED) is 0.652. The highest BCUT2D eigenvalue weighted by atomic mass is 19.4. The van der Waals surface area contributed by atoms with Gasteiger partial charge in [-0.2, -0.15) is 13.2 Å². The Morgan fingerprint density at radius 2 is 1.73 bits per heavy atom. The molecule has 3 nitrogen and oxygen atoms in total. The molecular formula is C9H13F3N2O. The lowest BCUT2D eigenvalue weighted by Gasteiger charge is -2.51. The van der Waals surface area contributed by atoms with Crippen LogP contribution in [0.1, 0.15) is 6.92 Å². The zero-order valence-corrected chi connectivity index (χ0v) is 8.42. The summed E-state index contributed by atoms with van der Waals surface area (Å²) >= 11 is 0. The Morgan fingerprint density at radius 3 is 2.13 bits per heavy atom. The number of carbonyl (C=O) groups excluding carboxylic acids is 1. The minimum atomic E-state index is -4.06. The molecule has 0 atom stereocenters. The van der Waals surface area contributed by atoms with Crippen LogP contribution in [0.2, 0.25) is 0 Å². The topological polar surface area (TPSA) is 23.6 Å². The van der Waals surface area contributed by atoms with Gasteiger partial charge in [0.15, 0.2) is 0 Å². The van der Waals surface area contributed by atoms with Gasteiger partial charge in [-0.15, -0.1) is 0 Å². The van der Waals surface area contributed by atoms with E-state index in [9.17, 15) is 18.0 Å². The van der Waals surface area contributed by atoms with Gasteiger partial charge in [-0.25, -0.2) is 0 Å². The third kappa shape index (κ3) is 1.95. The molecule has 0 aliphatic carbocycles. The van der Waals surface area contributed by atoms with Gasteiger partial charge in [0.05, 0.1) is 5.92 Å². The van der Waals surface area contributed by atoms with Crippen LogP contribution in [-0.4, -0.2) is 54.1 Å². The molecule has 0 radical (unpaired) electrons. The molecule has 86 valence electrons. The number of alkyl halides is 3. The molecule has 6 heteroatoms. The summed E-state index contributed by atoms with van der Waals surface area (Å²) in [7, 11) is 0. The summed E-state index contributed by atoms with van der Waals surface area (Å²) in [4.78, 5) is 14.3. The Labute approximate surface area is 85.8 Å². The Morgan fingerprint density at radius 1 is 1.20 bits per heavy atom. The number of nitrogens with zero attached hydrogens (tertiary/aromatic N) is 2. The number of rotatable bonds is 1. The van der Waals surface area contributed by atoms with Crippen molar-refractivity contribution >= 4 is 5.91 Å². The molecule has 0 unspecified atom stereocenters. The van der Waals surface area contributed by atoms with Crippen LogP contribution in [0.25, 0.3) is 0 Å². The van der Waals surface area contributed by atoms with Gasteiger partial charge in [0.1, 0.15) is 0 Å². The van der Waals surface area contributed by atoms with Crippen molar-refractivity contribution in [2.24, 2.45) is 5.92 Å². The van der Waals surface area contributed by atoms with Crippen molar-refractivity contribution in [3.8, 4) is 0 Å². The number of hydrogen-bond donors (Lipinski definition) is 0. The normalized spacial score (nSPS) is 24.9. The zero-order valence-electron chi connectivity index (χ0n) is 8.42. The second-order valence-corrected chi connectivity index (χ2v) is 4.27. The van der Waals surface area contributed by atoms with E-state index in [1.165, 1.54) is 6.92 Å². The lowest BCUT2D eigenvalue weighted by Crippen LogP contribution is -2.67. The molecule has 2 rings (SSSR count). The first kappa shape index (κ1) is 10.7. The molecule has 0 bridgehead atoms. The lowest BCUT2D eigenvalue weighted by atomic mass is 9.94. The molecule has 0 N–H and O–H groups in total. The number of hydrogen-bond acceptors (Lipinski definition) is 2. The van der Waals surface area contributed by atoms with E-state index in [0.717, 1.165) is 0 Å². The molecule has 0 saturated carbocycles. The third-order valence-electron chi connectivity index (χ3n) is 3.20. The van der Waals surface area contributed by atoms with E-state index in [1.807, 2.05) is 0 Å². The van der Waals surface area contributed by atoms with E-state index in [4.69, 9.17) is 0 Å². The summed E-state index contributed by atoms with van der Waals surface area (Å²) in [6.45, 7) is 2.84. The number of halogens is 3. The highest BCUT2D eigenvalue weighted by Crippen LogP contribution is 2.35. The molecular weight excluding hydrogens is 209 g/mol. The molecule has 2 heterocycles. The first-order valence-corrected chi connectivity index (χ1v) is 4.94. The van der Waals surface area contributed by atoms with E-state index in [0.29, 0.717) is 13.1 Å². The highest BCUT2D eigenvalue weighted by molar-refractivity contribution is 5.74. The van der Waals surface area contributed by atoms with Crippen molar-refractivity contribution < 1.29 is 18.0 Å². The van der Waals surface area contributed by atoms with Crippen LogP contribution in [0.4, 0.5) is 13.2 Å². The summed E-state index contributed by atoms with van der Waals surface area (Å²) in [6, 6.07) is 0.146. The van der Waals surface area contributed by atoms with E-state index < -0.39 is 12.1 Å². The summed E-state index contributed by atoms with van der Waals surface area (Å²) in [5.41, 5.74) is 0. The van der Waals surface area contributed by atoms with Gasteiger partial charge in [-0.05, 0) is 0 Å². The van der Waals surface area contributed by atoms with Crippen molar-refractivity contribution in [2.45, 2.75) is 19.1 Å². The fourth-order valence-electron chi connectivity index (χ4n) is 1.96. The molecule has 2 fully saturated rings. The van der Waals surface area contributed by atoms with Crippen LogP contribution in [0.3, 0.4) is 0 Å². The first-order valence-electron chi connectivity index (χ1n) is 4.94. The van der Waals surface area contributed by atoms with Gasteiger partial charge in [0.25, 0.3) is 0 Å². The first-order chi connectivity index (χ1) is 6.88. The Balaban J connectivity index is 1.72. The molecule has 1 amide bonds. The van der Waals surface area contributed by atoms with E-state index >= 15 is 0 Å². The van der Waals surface area contributed by atoms with Crippen molar-refractivity contribution in [2.75, 3.05) is 26.2 Å². The van der Waals surface area contributed by atoms with Crippen LogP contribution in [0.5, 0.6) is 0 Å². The molecule has 15 heavy (non-hydrogen) atoms. The average molecular weight is 222 g/mol. The highest BCUT2D eigenvalue weighted by Gasteiger charge is 2.50. The van der Waals surface area contributed by atoms with Gasteiger partial charge in [0, 0.05) is 39.1 Å². The molecule has 0 spiro atoms. The summed E-state index contributed by atoms with van der Waals surface area (Å²) in [6.07, 6.45) is -4.06. The minimum absolute atomic E-state index is 0.000792. The second-order valence-electron chi connectivity index (χ2n) is 4.27. The van der Waals surface area contributed by atoms with E-state index in [-0.39, 0.29) is 25.0 Å². The fourth-order valence-corrected chi connectivity index (χ4v) is 1.96. The van der Waals surface area contributed by atoms with Crippen LogP contribution in [0.15, 0.2) is 0 Å². The predicted molar refractivity (Wildman–Crippen MR) is 47.2 cm³/mol. The van der Waals surface area contributed by atoms with Gasteiger partial charge in [-0.1, -0.05) is 0 Å². The number of amides is 1. The van der Waals surface area contributed by atoms with Crippen molar-refractivity contribution in [1.82, 2.24) is 9.80 Å². The van der Waals surface area contributed by atoms with Crippen LogP contribution in [-0.2, 0) is 4.79 Å². The van der Waals surface area contributed by atoms with Crippen LogP contribution < -0.4 is 0 Å². The number of likely N-dealkylation sites (tertiary alicyclic amines) is 2. The van der Waals surface area contributed by atoms with Crippen molar-refractivity contribution in [3.63, 3.8) is 0 Å². The monoisotopic (exact) mass is 222 g/mol. The predicted octanol–water partition coefficient (Wildman–Crippen LogP) is 0.711. The third-order valence-corrected chi connectivity index (χ3v) is 3.20. The van der Waals surface area contributed by atoms with Crippen LogP contribution >= 0.6 is 0 Å². The van der Waals surface area contributed by atoms with E-state index in [2.05, 4.69) is 0 Å². The molecule has 0 aromatic heterocycles. The number of carbonyl (C=O) groups is 1. The molecule has 2 aliphatic heterocycles. The summed E-state index contributed by atoms with van der Waals surface area (Å²) in [5.74, 6) is -1.16. The molecule has 0 aromatic rings. The molecule has 2 saturated heterocycles.